The molecule has 1 atom stereocenters. The SMILES string of the molecule is O=C(c1nc(C(F)(F)F)n2ccncc12)N1CCNCC1C(F)F. The van der Waals surface area contributed by atoms with E-state index in [2.05, 4.69) is 15.3 Å². The molecule has 1 amide bonds. The van der Waals surface area contributed by atoms with Crippen molar-refractivity contribution >= 4 is 11.4 Å². The van der Waals surface area contributed by atoms with Gasteiger partial charge in [0.05, 0.1) is 11.7 Å². The molecule has 24 heavy (non-hydrogen) atoms. The van der Waals surface area contributed by atoms with Gasteiger partial charge in [-0.05, 0) is 0 Å². The summed E-state index contributed by atoms with van der Waals surface area (Å²) in [7, 11) is 0. The van der Waals surface area contributed by atoms with Crippen LogP contribution in [-0.4, -0.2) is 57.3 Å². The van der Waals surface area contributed by atoms with Crippen LogP contribution in [0.3, 0.4) is 0 Å². The topological polar surface area (TPSA) is 62.5 Å². The van der Waals surface area contributed by atoms with Crippen LogP contribution in [-0.2, 0) is 6.18 Å². The summed E-state index contributed by atoms with van der Waals surface area (Å²) in [6, 6.07) is -1.42. The fraction of sp³-hybridized carbons (Fsp3) is 0.462. The number of halogens is 5. The van der Waals surface area contributed by atoms with E-state index in [0.717, 1.165) is 23.5 Å². The monoisotopic (exact) mass is 349 g/mol. The molecule has 6 nitrogen and oxygen atoms in total. The van der Waals surface area contributed by atoms with Crippen LogP contribution in [0.15, 0.2) is 18.6 Å². The summed E-state index contributed by atoms with van der Waals surface area (Å²) in [5.74, 6) is -2.27. The minimum absolute atomic E-state index is 0.0471. The zero-order valence-corrected chi connectivity index (χ0v) is 12.1. The van der Waals surface area contributed by atoms with Gasteiger partial charge in [0.25, 0.3) is 12.3 Å². The number of carbonyl (C=O) groups excluding carboxylic acids is 1. The fourth-order valence-corrected chi connectivity index (χ4v) is 2.63. The predicted molar refractivity (Wildman–Crippen MR) is 71.7 cm³/mol. The minimum atomic E-state index is -4.80. The van der Waals surface area contributed by atoms with Gasteiger partial charge in [0.1, 0.15) is 6.04 Å². The third-order valence-electron chi connectivity index (χ3n) is 3.74. The van der Waals surface area contributed by atoms with Crippen LogP contribution in [0.25, 0.3) is 5.52 Å². The summed E-state index contributed by atoms with van der Waals surface area (Å²) in [6.45, 7) is 0.0825. The molecule has 1 fully saturated rings. The lowest BCUT2D eigenvalue weighted by Gasteiger charge is -2.35. The Hall–Kier alpha value is -2.30. The average Bonchev–Trinajstić information content (AvgIpc) is 2.94. The first-order valence-corrected chi connectivity index (χ1v) is 7.00. The van der Waals surface area contributed by atoms with Crippen molar-refractivity contribution in [3.05, 3.63) is 30.1 Å². The van der Waals surface area contributed by atoms with Gasteiger partial charge in [-0.15, -0.1) is 0 Å². The summed E-state index contributed by atoms with van der Waals surface area (Å²) < 4.78 is 66.1. The zero-order valence-electron chi connectivity index (χ0n) is 12.1. The van der Waals surface area contributed by atoms with Gasteiger partial charge < -0.3 is 10.2 Å². The lowest BCUT2D eigenvalue weighted by molar-refractivity contribution is -0.145. The van der Waals surface area contributed by atoms with E-state index in [1.165, 1.54) is 0 Å². The Morgan fingerprint density at radius 1 is 1.38 bits per heavy atom. The van der Waals surface area contributed by atoms with Crippen LogP contribution in [0, 0.1) is 0 Å². The van der Waals surface area contributed by atoms with Crippen LogP contribution in [0.5, 0.6) is 0 Å². The minimum Gasteiger partial charge on any atom is -0.326 e. The standard InChI is InChI=1S/C13H12F5N5O/c14-10(15)8-6-20-1-3-22(8)11(24)9-7-5-19-2-4-23(7)12(21-9)13(16,17)18/h2,4-5,8,10,20H,1,3,6H2. The summed E-state index contributed by atoms with van der Waals surface area (Å²) in [5.41, 5.74) is -0.718. The molecule has 0 aliphatic carbocycles. The first kappa shape index (κ1) is 16.6. The molecule has 3 heterocycles. The lowest BCUT2D eigenvalue weighted by Crippen LogP contribution is -2.56. The zero-order chi connectivity index (χ0) is 17.5. The van der Waals surface area contributed by atoms with Gasteiger partial charge in [0.2, 0.25) is 5.82 Å². The summed E-state index contributed by atoms with van der Waals surface area (Å²) >= 11 is 0. The van der Waals surface area contributed by atoms with Crippen molar-refractivity contribution in [3.63, 3.8) is 0 Å². The van der Waals surface area contributed by atoms with Gasteiger partial charge in [-0.25, -0.2) is 13.8 Å². The maximum Gasteiger partial charge on any atom is 0.450 e. The highest BCUT2D eigenvalue weighted by Crippen LogP contribution is 2.30. The Balaban J connectivity index is 2.07. The quantitative estimate of drug-likeness (QED) is 0.834. The largest absolute Gasteiger partial charge is 0.450 e. The molecule has 0 spiro atoms. The predicted octanol–water partition coefficient (Wildman–Crippen LogP) is 1.43. The van der Waals surface area contributed by atoms with Gasteiger partial charge >= 0.3 is 6.18 Å². The van der Waals surface area contributed by atoms with E-state index < -0.39 is 36.1 Å². The number of nitrogens with zero attached hydrogens (tertiary/aromatic N) is 4. The molecule has 0 aromatic carbocycles. The maximum absolute atomic E-state index is 13.1. The molecule has 0 bridgehead atoms. The van der Waals surface area contributed by atoms with Crippen molar-refractivity contribution in [2.75, 3.05) is 19.6 Å². The molecule has 1 unspecified atom stereocenters. The number of hydrogen-bond donors (Lipinski definition) is 1. The number of amides is 1. The number of piperazine rings is 1. The molecule has 2 aromatic rings. The van der Waals surface area contributed by atoms with Crippen molar-refractivity contribution in [2.24, 2.45) is 0 Å². The number of carbonyl (C=O) groups is 1. The van der Waals surface area contributed by atoms with Crippen molar-refractivity contribution in [1.82, 2.24) is 24.6 Å². The Kier molecular flexibility index (Phi) is 4.11. The van der Waals surface area contributed by atoms with Crippen molar-refractivity contribution < 1.29 is 26.7 Å². The fourth-order valence-electron chi connectivity index (χ4n) is 2.63. The Morgan fingerprint density at radius 2 is 2.12 bits per heavy atom. The van der Waals surface area contributed by atoms with Crippen LogP contribution >= 0.6 is 0 Å². The molecule has 0 saturated carbocycles. The molecule has 1 saturated heterocycles. The molecule has 2 aromatic heterocycles. The van der Waals surface area contributed by atoms with E-state index in [1.54, 1.807) is 0 Å². The molecule has 11 heteroatoms. The normalized spacial score (nSPS) is 19.2. The molecule has 1 aliphatic rings. The number of nitrogens with one attached hydrogen (secondary N) is 1. The smallest absolute Gasteiger partial charge is 0.326 e. The van der Waals surface area contributed by atoms with Crippen LogP contribution in [0.2, 0.25) is 0 Å². The second-order valence-corrected chi connectivity index (χ2v) is 5.22. The maximum atomic E-state index is 13.1. The van der Waals surface area contributed by atoms with Crippen LogP contribution < -0.4 is 5.32 Å². The van der Waals surface area contributed by atoms with Crippen molar-refractivity contribution in [2.45, 2.75) is 18.6 Å². The number of aromatic nitrogens is 3. The van der Waals surface area contributed by atoms with Gasteiger partial charge in [0, 0.05) is 32.0 Å². The highest BCUT2D eigenvalue weighted by Gasteiger charge is 2.40. The number of imidazole rings is 1. The van der Waals surface area contributed by atoms with E-state index in [0.29, 0.717) is 4.40 Å². The van der Waals surface area contributed by atoms with Crippen molar-refractivity contribution in [1.29, 1.82) is 0 Å². The number of fused-ring (bicyclic) bond motifs is 1. The van der Waals surface area contributed by atoms with Gasteiger partial charge in [-0.3, -0.25) is 14.2 Å². The van der Waals surface area contributed by atoms with E-state index in [1.807, 2.05) is 0 Å². The molecule has 1 N–H and O–H groups in total. The highest BCUT2D eigenvalue weighted by molar-refractivity contribution is 5.99. The summed E-state index contributed by atoms with van der Waals surface area (Å²) in [6.07, 6.45) is -4.44. The molecule has 3 rings (SSSR count). The van der Waals surface area contributed by atoms with Crippen LogP contribution in [0.1, 0.15) is 16.3 Å². The second-order valence-electron chi connectivity index (χ2n) is 5.22. The van der Waals surface area contributed by atoms with E-state index >= 15 is 0 Å². The highest BCUT2D eigenvalue weighted by atomic mass is 19.4. The first-order chi connectivity index (χ1) is 11.3. The molecule has 0 radical (unpaired) electrons. The molecule has 130 valence electrons. The number of alkyl halides is 5. The van der Waals surface area contributed by atoms with E-state index in [-0.39, 0.29) is 25.2 Å². The van der Waals surface area contributed by atoms with E-state index in [4.69, 9.17) is 0 Å². The second kappa shape index (κ2) is 5.96. The molecular weight excluding hydrogens is 337 g/mol. The number of hydrogen-bond acceptors (Lipinski definition) is 4. The van der Waals surface area contributed by atoms with E-state index in [9.17, 15) is 26.7 Å². The van der Waals surface area contributed by atoms with Crippen LogP contribution in [0.4, 0.5) is 22.0 Å². The average molecular weight is 349 g/mol. The molecule has 1 aliphatic heterocycles. The van der Waals surface area contributed by atoms with Gasteiger partial charge in [0.15, 0.2) is 5.69 Å². The third kappa shape index (κ3) is 2.79. The van der Waals surface area contributed by atoms with Crippen molar-refractivity contribution in [3.8, 4) is 0 Å². The Labute approximate surface area is 132 Å². The third-order valence-corrected chi connectivity index (χ3v) is 3.74. The number of rotatable bonds is 2. The lowest BCUT2D eigenvalue weighted by atomic mass is 10.1. The van der Waals surface area contributed by atoms with Gasteiger partial charge in [-0.2, -0.15) is 13.2 Å². The Morgan fingerprint density at radius 3 is 2.79 bits per heavy atom. The first-order valence-electron chi connectivity index (χ1n) is 7.00. The summed E-state index contributed by atoms with van der Waals surface area (Å²) in [5, 5.41) is 2.73. The molecular formula is C13H12F5N5O. The Bertz CT molecular complexity index is 759. The summed E-state index contributed by atoms with van der Waals surface area (Å²) in [4.78, 5) is 20.5. The van der Waals surface area contributed by atoms with Gasteiger partial charge in [-0.1, -0.05) is 0 Å².